The number of guanidine groups is 1. The van der Waals surface area contributed by atoms with E-state index >= 15 is 0 Å². The van der Waals surface area contributed by atoms with Crippen molar-refractivity contribution < 1.29 is 4.21 Å². The van der Waals surface area contributed by atoms with Crippen LogP contribution in [0.3, 0.4) is 0 Å². The standard InChI is InChI=1S/C19H33N5OS/c1-5-20-18(22-12-15-26(25)19(2,3)4)23-16-9-13-24(14-10-16)17-8-6-7-11-21-17/h6-8,11,16H,5,9-10,12-15H2,1-4H3,(H2,20,22,23). The van der Waals surface area contributed by atoms with E-state index in [0.29, 0.717) is 18.3 Å². The molecule has 1 saturated heterocycles. The van der Waals surface area contributed by atoms with Crippen molar-refractivity contribution in [3.8, 4) is 0 Å². The summed E-state index contributed by atoms with van der Waals surface area (Å²) in [7, 11) is -0.867. The van der Waals surface area contributed by atoms with Gasteiger partial charge in [-0.25, -0.2) is 4.98 Å². The van der Waals surface area contributed by atoms with Gasteiger partial charge in [0.15, 0.2) is 5.96 Å². The third-order valence-electron chi connectivity index (χ3n) is 4.38. The molecule has 0 aliphatic carbocycles. The van der Waals surface area contributed by atoms with Crippen molar-refractivity contribution >= 4 is 22.6 Å². The smallest absolute Gasteiger partial charge is 0.191 e. The summed E-state index contributed by atoms with van der Waals surface area (Å²) in [5, 5.41) is 6.83. The number of aromatic nitrogens is 1. The number of piperidine rings is 1. The Morgan fingerprint density at radius 1 is 1.35 bits per heavy atom. The number of aliphatic imine (C=N–C) groups is 1. The molecule has 2 heterocycles. The van der Waals surface area contributed by atoms with Crippen LogP contribution in [0.4, 0.5) is 5.82 Å². The Labute approximate surface area is 160 Å². The van der Waals surface area contributed by atoms with Gasteiger partial charge in [-0.1, -0.05) is 6.07 Å². The number of pyridine rings is 1. The molecule has 1 aliphatic rings. The van der Waals surface area contributed by atoms with Crippen molar-refractivity contribution in [1.82, 2.24) is 15.6 Å². The lowest BCUT2D eigenvalue weighted by molar-refractivity contribution is 0.460. The molecule has 6 nitrogen and oxygen atoms in total. The quantitative estimate of drug-likeness (QED) is 0.585. The van der Waals surface area contributed by atoms with Crippen LogP contribution < -0.4 is 15.5 Å². The Bertz CT molecular complexity index is 592. The van der Waals surface area contributed by atoms with Crippen molar-refractivity contribution in [3.05, 3.63) is 24.4 Å². The number of hydrogen-bond donors (Lipinski definition) is 2. The van der Waals surface area contributed by atoms with E-state index in [2.05, 4.69) is 38.5 Å². The number of nitrogens with one attached hydrogen (secondary N) is 2. The van der Waals surface area contributed by atoms with Gasteiger partial charge < -0.3 is 15.5 Å². The first-order valence-electron chi connectivity index (χ1n) is 9.49. The van der Waals surface area contributed by atoms with Crippen LogP contribution in [-0.4, -0.2) is 57.9 Å². The molecular weight excluding hydrogens is 346 g/mol. The van der Waals surface area contributed by atoms with Gasteiger partial charge in [-0.3, -0.25) is 9.20 Å². The van der Waals surface area contributed by atoms with E-state index in [1.807, 2.05) is 39.1 Å². The van der Waals surface area contributed by atoms with Crippen LogP contribution in [0.15, 0.2) is 29.4 Å². The fourth-order valence-corrected chi connectivity index (χ4v) is 3.72. The minimum atomic E-state index is -0.867. The molecule has 1 aromatic rings. The molecule has 26 heavy (non-hydrogen) atoms. The molecule has 2 rings (SSSR count). The number of hydrogen-bond acceptors (Lipinski definition) is 4. The van der Waals surface area contributed by atoms with Gasteiger partial charge in [0.1, 0.15) is 5.82 Å². The lowest BCUT2D eigenvalue weighted by atomic mass is 10.1. The van der Waals surface area contributed by atoms with Gasteiger partial charge in [0, 0.05) is 53.2 Å². The average molecular weight is 380 g/mol. The van der Waals surface area contributed by atoms with Gasteiger partial charge in [0.25, 0.3) is 0 Å². The summed E-state index contributed by atoms with van der Waals surface area (Å²) in [4.78, 5) is 11.4. The van der Waals surface area contributed by atoms with Crippen molar-refractivity contribution in [3.63, 3.8) is 0 Å². The highest BCUT2D eigenvalue weighted by molar-refractivity contribution is 7.86. The van der Waals surface area contributed by atoms with E-state index in [4.69, 9.17) is 0 Å². The van der Waals surface area contributed by atoms with E-state index < -0.39 is 10.8 Å². The first kappa shape index (κ1) is 20.7. The lowest BCUT2D eigenvalue weighted by Gasteiger charge is -2.33. The zero-order valence-corrected chi connectivity index (χ0v) is 17.3. The van der Waals surface area contributed by atoms with E-state index in [9.17, 15) is 4.21 Å². The summed E-state index contributed by atoms with van der Waals surface area (Å²) in [5.41, 5.74) is 0. The highest BCUT2D eigenvalue weighted by Crippen LogP contribution is 2.17. The summed E-state index contributed by atoms with van der Waals surface area (Å²) in [6.07, 6.45) is 3.95. The maximum Gasteiger partial charge on any atom is 0.191 e. The van der Waals surface area contributed by atoms with Crippen molar-refractivity contribution in [2.75, 3.05) is 36.8 Å². The molecular formula is C19H33N5OS. The molecule has 0 saturated carbocycles. The van der Waals surface area contributed by atoms with Crippen LogP contribution >= 0.6 is 0 Å². The molecule has 1 aliphatic heterocycles. The fraction of sp³-hybridized carbons (Fsp3) is 0.684. The molecule has 7 heteroatoms. The van der Waals surface area contributed by atoms with Crippen LogP contribution in [0.25, 0.3) is 0 Å². The number of nitrogens with zero attached hydrogens (tertiary/aromatic N) is 3. The van der Waals surface area contributed by atoms with Crippen molar-refractivity contribution in [2.24, 2.45) is 4.99 Å². The van der Waals surface area contributed by atoms with Gasteiger partial charge >= 0.3 is 0 Å². The maximum absolute atomic E-state index is 12.2. The molecule has 1 unspecified atom stereocenters. The SMILES string of the molecule is CCNC(=NCCS(=O)C(C)(C)C)NC1CCN(c2ccccn2)CC1. The Kier molecular flexibility index (Phi) is 7.87. The molecule has 0 spiro atoms. The predicted molar refractivity (Wildman–Crippen MR) is 111 cm³/mol. The van der Waals surface area contributed by atoms with E-state index in [1.165, 1.54) is 0 Å². The Balaban J connectivity index is 1.82. The summed E-state index contributed by atoms with van der Waals surface area (Å²) in [6.45, 7) is 11.5. The van der Waals surface area contributed by atoms with Gasteiger partial charge in [0.2, 0.25) is 0 Å². The average Bonchev–Trinajstić information content (AvgIpc) is 2.62. The summed E-state index contributed by atoms with van der Waals surface area (Å²) >= 11 is 0. The molecule has 1 atom stereocenters. The largest absolute Gasteiger partial charge is 0.357 e. The van der Waals surface area contributed by atoms with Gasteiger partial charge in [0.05, 0.1) is 6.54 Å². The Hall–Kier alpha value is -1.63. The van der Waals surface area contributed by atoms with Crippen molar-refractivity contribution in [1.29, 1.82) is 0 Å². The predicted octanol–water partition coefficient (Wildman–Crippen LogP) is 2.15. The van der Waals surface area contributed by atoms with E-state index in [-0.39, 0.29) is 4.75 Å². The van der Waals surface area contributed by atoms with E-state index in [1.54, 1.807) is 0 Å². The second-order valence-electron chi connectivity index (χ2n) is 7.52. The zero-order chi connectivity index (χ0) is 19.0. The second kappa shape index (κ2) is 9.90. The fourth-order valence-electron chi connectivity index (χ4n) is 2.85. The Morgan fingerprint density at radius 3 is 2.65 bits per heavy atom. The number of anilines is 1. The third-order valence-corrected chi connectivity index (χ3v) is 6.30. The molecule has 146 valence electrons. The third kappa shape index (κ3) is 6.59. The molecule has 0 bridgehead atoms. The van der Waals surface area contributed by atoms with Crippen LogP contribution in [-0.2, 0) is 10.8 Å². The van der Waals surface area contributed by atoms with Crippen LogP contribution in [0, 0.1) is 0 Å². The van der Waals surface area contributed by atoms with Crippen LogP contribution in [0.1, 0.15) is 40.5 Å². The molecule has 2 N–H and O–H groups in total. The summed E-state index contributed by atoms with van der Waals surface area (Å²) in [5.74, 6) is 2.48. The van der Waals surface area contributed by atoms with Crippen LogP contribution in [0.5, 0.6) is 0 Å². The van der Waals surface area contributed by atoms with Crippen molar-refractivity contribution in [2.45, 2.75) is 51.3 Å². The first-order valence-corrected chi connectivity index (χ1v) is 10.8. The van der Waals surface area contributed by atoms with Gasteiger partial charge in [-0.15, -0.1) is 0 Å². The molecule has 0 radical (unpaired) electrons. The monoisotopic (exact) mass is 379 g/mol. The molecule has 1 fully saturated rings. The number of rotatable bonds is 6. The second-order valence-corrected chi connectivity index (χ2v) is 9.84. The molecule has 1 aromatic heterocycles. The lowest BCUT2D eigenvalue weighted by Crippen LogP contribution is -2.49. The first-order chi connectivity index (χ1) is 12.4. The summed E-state index contributed by atoms with van der Waals surface area (Å²) < 4.78 is 12.0. The van der Waals surface area contributed by atoms with E-state index in [0.717, 1.165) is 44.3 Å². The maximum atomic E-state index is 12.2. The van der Waals surface area contributed by atoms with Gasteiger partial charge in [-0.2, -0.15) is 0 Å². The normalized spacial score (nSPS) is 17.8. The molecule has 0 aromatic carbocycles. The topological polar surface area (TPSA) is 69.6 Å². The van der Waals surface area contributed by atoms with Gasteiger partial charge in [-0.05, 0) is 52.7 Å². The highest BCUT2D eigenvalue weighted by atomic mass is 32.2. The Morgan fingerprint density at radius 2 is 2.08 bits per heavy atom. The molecule has 0 amide bonds. The zero-order valence-electron chi connectivity index (χ0n) is 16.5. The summed E-state index contributed by atoms with van der Waals surface area (Å²) in [6, 6.07) is 6.45. The minimum absolute atomic E-state index is 0.181. The highest BCUT2D eigenvalue weighted by Gasteiger charge is 2.21. The minimum Gasteiger partial charge on any atom is -0.357 e. The van der Waals surface area contributed by atoms with Crippen LogP contribution in [0.2, 0.25) is 0 Å².